The maximum absolute atomic E-state index is 16.2. The number of rotatable bonds is 14. The van der Waals surface area contributed by atoms with Crippen LogP contribution in [0.15, 0.2) is 48.5 Å². The lowest BCUT2D eigenvalue weighted by molar-refractivity contribution is -0.135. The van der Waals surface area contributed by atoms with Gasteiger partial charge in [-0.1, -0.05) is 32.9 Å². The van der Waals surface area contributed by atoms with Crippen LogP contribution in [0.5, 0.6) is 5.75 Å². The van der Waals surface area contributed by atoms with Crippen molar-refractivity contribution in [3.8, 4) is 5.75 Å². The maximum Gasteiger partial charge on any atom is 0.407 e. The first-order chi connectivity index (χ1) is 32.8. The van der Waals surface area contributed by atoms with Gasteiger partial charge >= 0.3 is 12.2 Å². The van der Waals surface area contributed by atoms with Gasteiger partial charge in [-0.2, -0.15) is 0 Å². The number of nitrogens with one attached hydrogen (secondary N) is 4. The molecule has 1 unspecified atom stereocenters. The van der Waals surface area contributed by atoms with E-state index in [9.17, 15) is 19.2 Å². The molecule has 0 spiro atoms. The lowest BCUT2D eigenvalue weighted by atomic mass is 9.84. The van der Waals surface area contributed by atoms with E-state index in [1.54, 1.807) is 9.80 Å². The largest absolute Gasteiger partial charge is 0.487 e. The summed E-state index contributed by atoms with van der Waals surface area (Å²) in [5, 5.41) is 5.17. The van der Waals surface area contributed by atoms with E-state index < -0.39 is 35.6 Å². The number of hydrogen-bond donors (Lipinski definition) is 4. The first-order valence-electron chi connectivity index (χ1n) is 23.5. The summed E-state index contributed by atoms with van der Waals surface area (Å²) in [6.45, 7) is 7.69. The number of halogens is 2. The van der Waals surface area contributed by atoms with Crippen LogP contribution in [0.25, 0.3) is 22.1 Å². The van der Waals surface area contributed by atoms with Gasteiger partial charge in [0.1, 0.15) is 24.2 Å². The van der Waals surface area contributed by atoms with Gasteiger partial charge in [0.15, 0.2) is 17.4 Å². The number of carbonyl (C=O) groups is 4. The predicted molar refractivity (Wildman–Crippen MR) is 247 cm³/mol. The van der Waals surface area contributed by atoms with Gasteiger partial charge in [0.05, 0.1) is 85.7 Å². The van der Waals surface area contributed by atoms with Gasteiger partial charge in [-0.05, 0) is 86.3 Å². The van der Waals surface area contributed by atoms with E-state index in [0.717, 1.165) is 41.4 Å². The van der Waals surface area contributed by atoms with E-state index >= 15 is 8.78 Å². The fraction of sp³-hybridized carbons (Fsp3) is 0.510. The molecular formula is C49H59F2N9O8. The van der Waals surface area contributed by atoms with E-state index in [-0.39, 0.29) is 60.5 Å². The third-order valence-electron chi connectivity index (χ3n) is 14.3. The summed E-state index contributed by atoms with van der Waals surface area (Å²) in [4.78, 5) is 73.2. The molecule has 4 fully saturated rings. The molecule has 4 amide bonds. The molecule has 4 aliphatic heterocycles. The average Bonchev–Trinajstić information content (AvgIpc) is 4.18. The van der Waals surface area contributed by atoms with Crippen molar-refractivity contribution in [2.24, 2.45) is 11.3 Å². The standard InChI is InChI=1S/C49H59F2N9O8/c1-6-49(24-67-25-49)26-68-43-31(50)21-30(22-32(43)51)60-37(28-11-13-33-35(19-28)55-44(53-33)39-9-7-17-58(39)41(61)23-52-47(63)65-4)15-16-38(60)29-12-14-34-36(20-29)56-45(54-34)40-10-8-18-59(40)46(62)42(27(2)3)57-48(64)66-5/h11-14,19-22,27,37-40,42H,6-10,15-18,23-26H2,1-5H3,(H,52,63)(H,53,55)(H,54,56)(H,57,64)/t37-,38-,39+,40+,42?/m1/s1. The number of alkyl carbamates (subject to hydrolysis) is 2. The normalized spacial score (nSPS) is 21.6. The zero-order valence-corrected chi connectivity index (χ0v) is 39.0. The number of hydrogen-bond acceptors (Lipinski definition) is 11. The summed E-state index contributed by atoms with van der Waals surface area (Å²) in [6, 6.07) is 12.5. The van der Waals surface area contributed by atoms with Crippen LogP contribution in [0.1, 0.15) is 113 Å². The van der Waals surface area contributed by atoms with Gasteiger partial charge in [-0.3, -0.25) is 9.59 Å². The van der Waals surface area contributed by atoms with Gasteiger partial charge in [0.25, 0.3) is 0 Å². The van der Waals surface area contributed by atoms with Gasteiger partial charge in [-0.15, -0.1) is 0 Å². The minimum atomic E-state index is -0.798. The maximum atomic E-state index is 16.2. The number of anilines is 1. The smallest absolute Gasteiger partial charge is 0.407 e. The molecule has 17 nitrogen and oxygen atoms in total. The highest BCUT2D eigenvalue weighted by atomic mass is 19.1. The molecule has 362 valence electrons. The number of imidazole rings is 2. The second-order valence-corrected chi connectivity index (χ2v) is 18.8. The second kappa shape index (κ2) is 19.2. The molecular weight excluding hydrogens is 881 g/mol. The lowest BCUT2D eigenvalue weighted by Crippen LogP contribution is -2.51. The number of aromatic nitrogens is 4. The number of nitrogens with zero attached hydrogens (tertiary/aromatic N) is 5. The average molecular weight is 940 g/mol. The molecule has 4 aliphatic rings. The molecule has 5 atom stereocenters. The first-order valence-corrected chi connectivity index (χ1v) is 23.5. The van der Waals surface area contributed by atoms with Crippen molar-refractivity contribution in [3.05, 3.63) is 82.9 Å². The van der Waals surface area contributed by atoms with Crippen molar-refractivity contribution < 1.29 is 46.9 Å². The molecule has 0 bridgehead atoms. The molecule has 5 aromatic rings. The molecule has 68 heavy (non-hydrogen) atoms. The van der Waals surface area contributed by atoms with Gasteiger partial charge in [-0.25, -0.2) is 28.3 Å². The SMILES string of the molecule is CCC1(COc2c(F)cc(N3[C@@H](c4ccc5nc([C@@H]6CCCN6C(=O)CNC(=O)OC)[nH]c5c4)CC[C@@H]3c3ccc4nc([C@@H]5CCCN5C(=O)C(NC(=O)OC)C(C)C)[nH]c4c3)cc2F)COC1. The molecule has 19 heteroatoms. The van der Waals surface area contributed by atoms with Crippen molar-refractivity contribution in [2.75, 3.05) is 58.6 Å². The molecule has 3 aromatic carbocycles. The van der Waals surface area contributed by atoms with E-state index in [2.05, 4.69) is 30.2 Å². The van der Waals surface area contributed by atoms with Crippen LogP contribution in [-0.4, -0.2) is 113 Å². The van der Waals surface area contributed by atoms with Crippen LogP contribution >= 0.6 is 0 Å². The summed E-state index contributed by atoms with van der Waals surface area (Å²) in [5.41, 5.74) is 4.82. The number of aromatic amines is 2. The molecule has 2 aromatic heterocycles. The molecule has 9 rings (SSSR count). The Morgan fingerprint density at radius 2 is 1.35 bits per heavy atom. The lowest BCUT2D eigenvalue weighted by Gasteiger charge is -2.40. The van der Waals surface area contributed by atoms with Crippen LogP contribution in [0.2, 0.25) is 0 Å². The minimum Gasteiger partial charge on any atom is -0.487 e. The van der Waals surface area contributed by atoms with Crippen LogP contribution < -0.4 is 20.3 Å². The number of H-pyrrole nitrogens is 2. The molecule has 0 aliphatic carbocycles. The highest BCUT2D eigenvalue weighted by Gasteiger charge is 2.41. The summed E-state index contributed by atoms with van der Waals surface area (Å²) >= 11 is 0. The van der Waals surface area contributed by atoms with Gasteiger partial charge in [0.2, 0.25) is 11.8 Å². The van der Waals surface area contributed by atoms with Crippen LogP contribution in [0, 0.1) is 23.0 Å². The Bertz CT molecular complexity index is 2680. The number of likely N-dealkylation sites (tertiary alicyclic amines) is 2. The highest BCUT2D eigenvalue weighted by molar-refractivity contribution is 5.87. The van der Waals surface area contributed by atoms with Crippen molar-refractivity contribution in [1.29, 1.82) is 0 Å². The number of benzene rings is 3. The summed E-state index contributed by atoms with van der Waals surface area (Å²) in [6.07, 6.45) is 3.64. The quantitative estimate of drug-likeness (QED) is 0.0853. The van der Waals surface area contributed by atoms with Crippen molar-refractivity contribution >= 4 is 51.8 Å². The molecule has 0 radical (unpaired) electrons. The van der Waals surface area contributed by atoms with Crippen LogP contribution in [0.3, 0.4) is 0 Å². The Labute approximate surface area is 392 Å². The van der Waals surface area contributed by atoms with Gasteiger partial charge < -0.3 is 54.2 Å². The third-order valence-corrected chi connectivity index (χ3v) is 14.3. The molecule has 6 heterocycles. The molecule has 0 saturated carbocycles. The predicted octanol–water partition coefficient (Wildman–Crippen LogP) is 7.67. The zero-order valence-electron chi connectivity index (χ0n) is 39.0. The summed E-state index contributed by atoms with van der Waals surface area (Å²) in [5.74, 6) is -1.37. The third kappa shape index (κ3) is 8.99. The van der Waals surface area contributed by atoms with E-state index in [0.29, 0.717) is 80.4 Å². The molecule has 4 N–H and O–H groups in total. The van der Waals surface area contributed by atoms with Crippen LogP contribution in [-0.2, 0) is 23.8 Å². The number of amides is 4. The van der Waals surface area contributed by atoms with Gasteiger partial charge in [0, 0.05) is 30.9 Å². The van der Waals surface area contributed by atoms with Crippen molar-refractivity contribution in [3.63, 3.8) is 0 Å². The fourth-order valence-electron chi connectivity index (χ4n) is 10.4. The first kappa shape index (κ1) is 46.6. The topological polar surface area (TPSA) is 196 Å². The number of methoxy groups -OCH3 is 2. The summed E-state index contributed by atoms with van der Waals surface area (Å²) < 4.78 is 53.2. The Morgan fingerprint density at radius 1 is 0.794 bits per heavy atom. The number of carbonyl (C=O) groups excluding carboxylic acids is 4. The Hall–Kier alpha value is -6.50. The van der Waals surface area contributed by atoms with E-state index in [1.807, 2.05) is 57.2 Å². The second-order valence-electron chi connectivity index (χ2n) is 18.8. The Kier molecular flexibility index (Phi) is 13.2. The Morgan fingerprint density at radius 3 is 1.87 bits per heavy atom. The number of fused-ring (bicyclic) bond motifs is 2. The van der Waals surface area contributed by atoms with E-state index in [4.69, 9.17) is 24.2 Å². The Balaban J connectivity index is 1.03. The minimum absolute atomic E-state index is 0.136. The van der Waals surface area contributed by atoms with Crippen molar-refractivity contribution in [2.45, 2.75) is 95.9 Å². The zero-order chi connectivity index (χ0) is 47.9. The monoisotopic (exact) mass is 939 g/mol. The van der Waals surface area contributed by atoms with Crippen LogP contribution in [0.4, 0.5) is 24.1 Å². The molecule has 4 saturated heterocycles. The fourth-order valence-corrected chi connectivity index (χ4v) is 10.4. The van der Waals surface area contributed by atoms with E-state index in [1.165, 1.54) is 26.4 Å². The van der Waals surface area contributed by atoms with Crippen molar-refractivity contribution in [1.82, 2.24) is 40.4 Å². The highest BCUT2D eigenvalue weighted by Crippen LogP contribution is 2.49. The number of ether oxygens (including phenoxy) is 4. The summed E-state index contributed by atoms with van der Waals surface area (Å²) in [7, 11) is 2.51.